The standard InChI is InChI=1S/C16H16ClN7O3S3/c17-9-4-3-5-10-12(9)28-16(22-10)29-15-23-11-13(18)20-8-21-14(11)24(15)6-1-2-7-27-30(19,25)26/h3-5,8H,1-2,6-7H2,(H2,18,20,21)(H2,19,25,26). The third-order valence-electron chi connectivity index (χ3n) is 4.07. The number of unbranched alkanes of at least 4 members (excludes halogenated alkanes) is 1. The molecule has 10 nitrogen and oxygen atoms in total. The number of hydrogen-bond donors (Lipinski definition) is 2. The van der Waals surface area contributed by atoms with Crippen molar-refractivity contribution in [3.8, 4) is 0 Å². The Kier molecular flexibility index (Phi) is 6.09. The summed E-state index contributed by atoms with van der Waals surface area (Å²) in [5, 5.41) is 6.14. The number of imidazole rings is 1. The predicted octanol–water partition coefficient (Wildman–Crippen LogP) is 2.82. The topological polar surface area (TPSA) is 152 Å². The lowest BCUT2D eigenvalue weighted by atomic mass is 10.3. The van der Waals surface area contributed by atoms with E-state index in [1.165, 1.54) is 29.4 Å². The molecule has 0 aliphatic heterocycles. The minimum Gasteiger partial charge on any atom is -0.382 e. The van der Waals surface area contributed by atoms with Crippen LogP contribution in [0, 0.1) is 0 Å². The summed E-state index contributed by atoms with van der Waals surface area (Å²) in [5.41, 5.74) is 7.88. The van der Waals surface area contributed by atoms with Gasteiger partial charge in [-0.3, -0.25) is 4.18 Å². The van der Waals surface area contributed by atoms with Crippen LogP contribution in [0.2, 0.25) is 5.02 Å². The summed E-state index contributed by atoms with van der Waals surface area (Å²) in [6.45, 7) is 0.524. The van der Waals surface area contributed by atoms with Crippen LogP contribution in [0.5, 0.6) is 0 Å². The molecule has 0 saturated heterocycles. The normalized spacial score (nSPS) is 12.2. The average molecular weight is 486 g/mol. The molecule has 4 N–H and O–H groups in total. The fraction of sp³-hybridized carbons (Fsp3) is 0.250. The number of halogens is 1. The minimum absolute atomic E-state index is 0.00142. The number of thiazole rings is 1. The van der Waals surface area contributed by atoms with Gasteiger partial charge in [0.2, 0.25) is 0 Å². The summed E-state index contributed by atoms with van der Waals surface area (Å²) in [6.07, 6.45) is 2.48. The average Bonchev–Trinajstić information content (AvgIpc) is 3.24. The predicted molar refractivity (Wildman–Crippen MR) is 117 cm³/mol. The lowest BCUT2D eigenvalue weighted by Gasteiger charge is -2.07. The Morgan fingerprint density at radius 3 is 2.83 bits per heavy atom. The van der Waals surface area contributed by atoms with Gasteiger partial charge in [-0.25, -0.2) is 25.1 Å². The monoisotopic (exact) mass is 485 g/mol. The first-order chi connectivity index (χ1) is 14.3. The molecule has 14 heteroatoms. The highest BCUT2D eigenvalue weighted by Crippen LogP contribution is 2.38. The number of benzene rings is 1. The number of nitrogen functional groups attached to an aromatic ring is 1. The summed E-state index contributed by atoms with van der Waals surface area (Å²) in [6, 6.07) is 5.58. The molecular weight excluding hydrogens is 470 g/mol. The number of aryl methyl sites for hydroxylation is 1. The molecule has 0 saturated carbocycles. The van der Waals surface area contributed by atoms with E-state index in [9.17, 15) is 8.42 Å². The van der Waals surface area contributed by atoms with Crippen molar-refractivity contribution in [2.75, 3.05) is 12.3 Å². The Labute approximate surface area is 184 Å². The van der Waals surface area contributed by atoms with Crippen LogP contribution in [0.15, 0.2) is 34.0 Å². The molecule has 0 bridgehead atoms. The minimum atomic E-state index is -3.94. The second-order valence-electron chi connectivity index (χ2n) is 6.17. The second kappa shape index (κ2) is 8.61. The number of aromatic nitrogens is 5. The van der Waals surface area contributed by atoms with Crippen LogP contribution < -0.4 is 10.9 Å². The van der Waals surface area contributed by atoms with Gasteiger partial charge < -0.3 is 10.3 Å². The van der Waals surface area contributed by atoms with Gasteiger partial charge in [0.05, 0.1) is 21.8 Å². The molecule has 0 fully saturated rings. The van der Waals surface area contributed by atoms with Gasteiger partial charge in [-0.2, -0.15) is 8.42 Å². The summed E-state index contributed by atoms with van der Waals surface area (Å²) in [4.78, 5) is 17.5. The summed E-state index contributed by atoms with van der Waals surface area (Å²) >= 11 is 9.12. The first-order valence-corrected chi connectivity index (χ1v) is 12.2. The van der Waals surface area contributed by atoms with Crippen LogP contribution in [0.3, 0.4) is 0 Å². The Morgan fingerprint density at radius 1 is 1.23 bits per heavy atom. The zero-order valence-electron chi connectivity index (χ0n) is 15.4. The molecule has 3 heterocycles. The van der Waals surface area contributed by atoms with E-state index in [1.807, 2.05) is 22.8 Å². The molecule has 4 rings (SSSR count). The number of fused-ring (bicyclic) bond motifs is 2. The third kappa shape index (κ3) is 4.66. The van der Waals surface area contributed by atoms with Gasteiger partial charge >= 0.3 is 10.3 Å². The SMILES string of the molecule is Nc1ncnc2c1nc(Sc1nc3cccc(Cl)c3s1)n2CCCCOS(N)(=O)=O. The lowest BCUT2D eigenvalue weighted by molar-refractivity contribution is 0.305. The smallest absolute Gasteiger partial charge is 0.333 e. The van der Waals surface area contributed by atoms with Crippen LogP contribution in [0.1, 0.15) is 12.8 Å². The molecule has 0 aliphatic rings. The molecule has 0 spiro atoms. The highest BCUT2D eigenvalue weighted by Gasteiger charge is 2.18. The van der Waals surface area contributed by atoms with Crippen LogP contribution in [0.4, 0.5) is 5.82 Å². The van der Waals surface area contributed by atoms with Crippen LogP contribution >= 0.6 is 34.7 Å². The molecule has 30 heavy (non-hydrogen) atoms. The fourth-order valence-corrected chi connectivity index (χ4v) is 5.48. The molecule has 4 aromatic rings. The zero-order valence-corrected chi connectivity index (χ0v) is 18.6. The van der Waals surface area contributed by atoms with E-state index in [1.54, 1.807) is 0 Å². The summed E-state index contributed by atoms with van der Waals surface area (Å²) in [5.74, 6) is 0.283. The molecular formula is C16H16ClN7O3S3. The first-order valence-electron chi connectivity index (χ1n) is 8.68. The van der Waals surface area contributed by atoms with Crippen LogP contribution in [-0.4, -0.2) is 39.5 Å². The van der Waals surface area contributed by atoms with E-state index in [4.69, 9.17) is 22.5 Å². The van der Waals surface area contributed by atoms with Crippen molar-refractivity contribution in [1.82, 2.24) is 24.5 Å². The van der Waals surface area contributed by atoms with Crippen molar-refractivity contribution in [2.45, 2.75) is 28.9 Å². The van der Waals surface area contributed by atoms with E-state index in [2.05, 4.69) is 24.1 Å². The number of hydrogen-bond acceptors (Lipinski definition) is 10. The van der Waals surface area contributed by atoms with Gasteiger partial charge in [0.1, 0.15) is 6.33 Å². The van der Waals surface area contributed by atoms with Crippen LogP contribution in [-0.2, 0) is 21.0 Å². The molecule has 0 radical (unpaired) electrons. The van der Waals surface area contributed by atoms with Gasteiger partial charge in [0.25, 0.3) is 0 Å². The van der Waals surface area contributed by atoms with Gasteiger partial charge in [0, 0.05) is 6.54 Å². The van der Waals surface area contributed by atoms with E-state index < -0.39 is 10.3 Å². The highest BCUT2D eigenvalue weighted by atomic mass is 35.5. The number of anilines is 1. The molecule has 0 atom stereocenters. The van der Waals surface area contributed by atoms with Crippen molar-refractivity contribution < 1.29 is 12.6 Å². The molecule has 0 aliphatic carbocycles. The largest absolute Gasteiger partial charge is 0.382 e. The van der Waals surface area contributed by atoms with E-state index in [0.717, 1.165) is 14.6 Å². The van der Waals surface area contributed by atoms with Gasteiger partial charge in [-0.15, -0.1) is 11.3 Å². The molecule has 3 aromatic heterocycles. The Hall–Kier alpha value is -2.03. The first kappa shape index (κ1) is 21.2. The van der Waals surface area contributed by atoms with Crippen molar-refractivity contribution in [1.29, 1.82) is 0 Å². The molecule has 1 aromatic carbocycles. The summed E-state index contributed by atoms with van der Waals surface area (Å²) in [7, 11) is -3.94. The Balaban J connectivity index is 1.60. The van der Waals surface area contributed by atoms with Gasteiger partial charge in [-0.05, 0) is 36.7 Å². The second-order valence-corrected chi connectivity index (χ2v) is 10.0. The van der Waals surface area contributed by atoms with Gasteiger partial charge in [-0.1, -0.05) is 17.7 Å². The third-order valence-corrected chi connectivity index (χ3v) is 7.16. The van der Waals surface area contributed by atoms with Crippen molar-refractivity contribution in [3.05, 3.63) is 29.5 Å². The van der Waals surface area contributed by atoms with E-state index in [-0.39, 0.29) is 12.4 Å². The zero-order chi connectivity index (χ0) is 21.3. The number of nitrogens with two attached hydrogens (primary N) is 2. The maximum atomic E-state index is 10.9. The maximum Gasteiger partial charge on any atom is 0.333 e. The van der Waals surface area contributed by atoms with Crippen molar-refractivity contribution in [3.63, 3.8) is 0 Å². The van der Waals surface area contributed by atoms with E-state index >= 15 is 0 Å². The fourth-order valence-electron chi connectivity index (χ4n) is 2.78. The quantitative estimate of drug-likeness (QED) is 0.358. The lowest BCUT2D eigenvalue weighted by Crippen LogP contribution is -2.16. The Bertz CT molecular complexity index is 1320. The Morgan fingerprint density at radius 2 is 2.07 bits per heavy atom. The van der Waals surface area contributed by atoms with Crippen molar-refractivity contribution in [2.24, 2.45) is 5.14 Å². The molecule has 0 amide bonds. The maximum absolute atomic E-state index is 10.9. The number of nitrogens with zero attached hydrogens (tertiary/aromatic N) is 5. The van der Waals surface area contributed by atoms with E-state index in [0.29, 0.717) is 40.7 Å². The van der Waals surface area contributed by atoms with Crippen molar-refractivity contribution >= 4 is 72.2 Å². The molecule has 158 valence electrons. The molecule has 0 unspecified atom stereocenters. The number of rotatable bonds is 8. The summed E-state index contributed by atoms with van der Waals surface area (Å²) < 4.78 is 29.9. The van der Waals surface area contributed by atoms with Crippen LogP contribution in [0.25, 0.3) is 21.4 Å². The highest BCUT2D eigenvalue weighted by molar-refractivity contribution is 8.01. The van der Waals surface area contributed by atoms with Gasteiger partial charge in [0.15, 0.2) is 26.5 Å².